The molecule has 188 valence electrons. The van der Waals surface area contributed by atoms with Gasteiger partial charge in [-0.25, -0.2) is 0 Å². The molecule has 0 unspecified atom stereocenters. The number of carbonyl (C=O) groups excluding carboxylic acids is 1. The van der Waals surface area contributed by atoms with Crippen molar-refractivity contribution in [2.45, 2.75) is 46.0 Å². The highest BCUT2D eigenvalue weighted by Gasteiger charge is 2.26. The number of aromatic nitrogens is 1. The van der Waals surface area contributed by atoms with Crippen molar-refractivity contribution in [3.05, 3.63) is 54.2 Å². The molecule has 1 aliphatic rings. The van der Waals surface area contributed by atoms with Crippen LogP contribution in [0.25, 0.3) is 22.0 Å². The van der Waals surface area contributed by atoms with Crippen LogP contribution in [-0.4, -0.2) is 49.1 Å². The molecule has 6 heteroatoms. The molecule has 1 aliphatic heterocycles. The number of para-hydroxylation sites is 1. The quantitative estimate of drug-likeness (QED) is 0.370. The molecule has 4 rings (SSSR count). The van der Waals surface area contributed by atoms with Crippen LogP contribution >= 0.6 is 0 Å². The Morgan fingerprint density at radius 3 is 2.36 bits per heavy atom. The van der Waals surface area contributed by atoms with Gasteiger partial charge in [0.15, 0.2) is 5.75 Å². The summed E-state index contributed by atoms with van der Waals surface area (Å²) >= 11 is 0. The fourth-order valence-corrected chi connectivity index (χ4v) is 5.32. The number of pyridine rings is 1. The largest absolute Gasteiger partial charge is 0.494 e. The number of nitriles is 1. The van der Waals surface area contributed by atoms with E-state index in [1.54, 1.807) is 7.11 Å². The van der Waals surface area contributed by atoms with Crippen molar-refractivity contribution < 1.29 is 9.53 Å². The minimum atomic E-state index is 0.289. The zero-order valence-electron chi connectivity index (χ0n) is 21.7. The SMILES string of the molecule is CCCC(CCC)CC(=O)N1CCN(c2cnc3c(-c4ccc(C#N)cc4)cccc3c2OC)CC1. The number of methoxy groups -OCH3 is 1. The molecule has 0 bridgehead atoms. The number of carbonyl (C=O) groups is 1. The molecular weight excluding hydrogens is 448 g/mol. The van der Waals surface area contributed by atoms with Gasteiger partial charge in [0.25, 0.3) is 0 Å². The highest BCUT2D eigenvalue weighted by molar-refractivity contribution is 5.99. The third kappa shape index (κ3) is 5.46. The lowest BCUT2D eigenvalue weighted by Gasteiger charge is -2.37. The van der Waals surface area contributed by atoms with Crippen molar-refractivity contribution >= 4 is 22.5 Å². The summed E-state index contributed by atoms with van der Waals surface area (Å²) in [5.74, 6) is 1.60. The second kappa shape index (κ2) is 11.9. The molecule has 1 amide bonds. The van der Waals surface area contributed by atoms with Crippen LogP contribution in [0.15, 0.2) is 48.7 Å². The van der Waals surface area contributed by atoms with E-state index < -0.39 is 0 Å². The molecule has 1 aromatic heterocycles. The number of amides is 1. The van der Waals surface area contributed by atoms with Gasteiger partial charge in [0, 0.05) is 43.5 Å². The van der Waals surface area contributed by atoms with Gasteiger partial charge in [0.1, 0.15) is 0 Å². The second-order valence-electron chi connectivity index (χ2n) is 9.58. The van der Waals surface area contributed by atoms with Crippen LogP contribution in [0.1, 0.15) is 51.5 Å². The van der Waals surface area contributed by atoms with E-state index in [4.69, 9.17) is 15.0 Å². The predicted molar refractivity (Wildman–Crippen MR) is 145 cm³/mol. The Morgan fingerprint density at radius 2 is 1.75 bits per heavy atom. The minimum Gasteiger partial charge on any atom is -0.494 e. The number of nitrogens with zero attached hydrogens (tertiary/aromatic N) is 4. The summed E-state index contributed by atoms with van der Waals surface area (Å²) in [4.78, 5) is 22.1. The number of ether oxygens (including phenoxy) is 1. The molecule has 0 spiro atoms. The van der Waals surface area contributed by atoms with Crippen LogP contribution in [0.5, 0.6) is 5.75 Å². The first kappa shape index (κ1) is 25.5. The first-order valence-corrected chi connectivity index (χ1v) is 13.1. The lowest BCUT2D eigenvalue weighted by Crippen LogP contribution is -2.49. The summed E-state index contributed by atoms with van der Waals surface area (Å²) in [6.45, 7) is 7.36. The smallest absolute Gasteiger partial charge is 0.222 e. The van der Waals surface area contributed by atoms with Gasteiger partial charge in [-0.1, -0.05) is 63.8 Å². The summed E-state index contributed by atoms with van der Waals surface area (Å²) in [5, 5.41) is 10.1. The van der Waals surface area contributed by atoms with Crippen molar-refractivity contribution in [3.8, 4) is 22.9 Å². The molecule has 3 aromatic rings. The Balaban J connectivity index is 1.53. The molecule has 0 atom stereocenters. The average molecular weight is 485 g/mol. The average Bonchev–Trinajstić information content (AvgIpc) is 2.92. The highest BCUT2D eigenvalue weighted by atomic mass is 16.5. The van der Waals surface area contributed by atoms with E-state index in [0.717, 1.165) is 85.3 Å². The van der Waals surface area contributed by atoms with E-state index in [1.165, 1.54) is 0 Å². The summed E-state index contributed by atoms with van der Waals surface area (Å²) in [5.41, 5.74) is 4.48. The number of hydrogen-bond donors (Lipinski definition) is 0. The van der Waals surface area contributed by atoms with Gasteiger partial charge < -0.3 is 14.5 Å². The normalized spacial score (nSPS) is 13.8. The van der Waals surface area contributed by atoms with Crippen LogP contribution < -0.4 is 9.64 Å². The predicted octanol–water partition coefficient (Wildman–Crippen LogP) is 6.04. The zero-order valence-corrected chi connectivity index (χ0v) is 21.7. The Hall–Kier alpha value is -3.59. The number of hydrogen-bond acceptors (Lipinski definition) is 5. The van der Waals surface area contributed by atoms with E-state index in [1.807, 2.05) is 53.6 Å². The van der Waals surface area contributed by atoms with Gasteiger partial charge >= 0.3 is 0 Å². The van der Waals surface area contributed by atoms with Crippen molar-refractivity contribution in [2.24, 2.45) is 5.92 Å². The van der Waals surface area contributed by atoms with Crippen LogP contribution in [0.2, 0.25) is 0 Å². The van der Waals surface area contributed by atoms with Crippen LogP contribution in [-0.2, 0) is 4.79 Å². The maximum Gasteiger partial charge on any atom is 0.222 e. The van der Waals surface area contributed by atoms with Crippen molar-refractivity contribution in [1.29, 1.82) is 5.26 Å². The molecule has 0 aliphatic carbocycles. The van der Waals surface area contributed by atoms with Crippen LogP contribution in [0, 0.1) is 17.2 Å². The standard InChI is InChI=1S/C30H36N4O2/c1-4-7-22(8-5-2)19-28(35)34-17-15-33(16-18-34)27-21-32-29-25(9-6-10-26(29)30(27)36-3)24-13-11-23(20-31)12-14-24/h6,9-14,21-22H,4-5,7-8,15-19H2,1-3H3. The van der Waals surface area contributed by atoms with E-state index in [0.29, 0.717) is 17.9 Å². The first-order valence-electron chi connectivity index (χ1n) is 13.1. The van der Waals surface area contributed by atoms with Gasteiger partial charge in [-0.05, 0) is 29.7 Å². The van der Waals surface area contributed by atoms with Crippen molar-refractivity contribution in [1.82, 2.24) is 9.88 Å². The highest BCUT2D eigenvalue weighted by Crippen LogP contribution is 2.39. The summed E-state index contributed by atoms with van der Waals surface area (Å²) in [7, 11) is 1.70. The Kier molecular flexibility index (Phi) is 8.43. The molecule has 0 N–H and O–H groups in total. The second-order valence-corrected chi connectivity index (χ2v) is 9.58. The third-order valence-corrected chi connectivity index (χ3v) is 7.19. The number of piperazine rings is 1. The molecule has 1 saturated heterocycles. The van der Waals surface area contributed by atoms with E-state index in [9.17, 15) is 4.79 Å². The summed E-state index contributed by atoms with van der Waals surface area (Å²) in [6, 6.07) is 15.8. The molecule has 6 nitrogen and oxygen atoms in total. The number of rotatable bonds is 9. The lowest BCUT2D eigenvalue weighted by molar-refractivity contribution is -0.132. The first-order chi connectivity index (χ1) is 17.6. The molecular formula is C30H36N4O2. The van der Waals surface area contributed by atoms with E-state index in [2.05, 4.69) is 24.8 Å². The van der Waals surface area contributed by atoms with E-state index in [-0.39, 0.29) is 5.91 Å². The van der Waals surface area contributed by atoms with Gasteiger partial charge in [0.2, 0.25) is 5.91 Å². The van der Waals surface area contributed by atoms with Gasteiger partial charge in [-0.3, -0.25) is 9.78 Å². The Morgan fingerprint density at radius 1 is 1.06 bits per heavy atom. The monoisotopic (exact) mass is 484 g/mol. The maximum absolute atomic E-state index is 13.0. The minimum absolute atomic E-state index is 0.289. The summed E-state index contributed by atoms with van der Waals surface area (Å²) < 4.78 is 5.91. The molecule has 36 heavy (non-hydrogen) atoms. The Bertz CT molecular complexity index is 1220. The zero-order chi connectivity index (χ0) is 25.5. The molecule has 2 aromatic carbocycles. The van der Waals surface area contributed by atoms with Crippen LogP contribution in [0.4, 0.5) is 5.69 Å². The lowest BCUT2D eigenvalue weighted by atomic mass is 9.94. The molecule has 0 saturated carbocycles. The van der Waals surface area contributed by atoms with Gasteiger partial charge in [-0.15, -0.1) is 0 Å². The third-order valence-electron chi connectivity index (χ3n) is 7.19. The Labute approximate surface area is 214 Å². The van der Waals surface area contributed by atoms with Gasteiger partial charge in [-0.2, -0.15) is 5.26 Å². The number of anilines is 1. The fraction of sp³-hybridized carbons (Fsp3) is 0.433. The number of fused-ring (bicyclic) bond motifs is 1. The summed E-state index contributed by atoms with van der Waals surface area (Å²) in [6.07, 6.45) is 7.08. The number of benzene rings is 2. The van der Waals surface area contributed by atoms with Crippen molar-refractivity contribution in [3.63, 3.8) is 0 Å². The van der Waals surface area contributed by atoms with Crippen molar-refractivity contribution in [2.75, 3.05) is 38.2 Å². The van der Waals surface area contributed by atoms with E-state index >= 15 is 0 Å². The van der Waals surface area contributed by atoms with Gasteiger partial charge in [0.05, 0.1) is 36.1 Å². The molecule has 0 radical (unpaired) electrons. The fourth-order valence-electron chi connectivity index (χ4n) is 5.32. The van der Waals surface area contributed by atoms with Crippen LogP contribution in [0.3, 0.4) is 0 Å². The maximum atomic E-state index is 13.0. The molecule has 2 heterocycles. The topological polar surface area (TPSA) is 69.5 Å². The molecule has 1 fully saturated rings.